The highest BCUT2D eigenvalue weighted by Crippen LogP contribution is 2.26. The van der Waals surface area contributed by atoms with E-state index in [-0.39, 0.29) is 12.5 Å². The smallest absolute Gasteiger partial charge is 0.319 e. The fraction of sp³-hybridized carbons (Fsp3) is 0.190. The van der Waals surface area contributed by atoms with Gasteiger partial charge in [-0.15, -0.1) is 0 Å². The number of amides is 3. The minimum absolute atomic E-state index is 0.0572. The third-order valence-electron chi connectivity index (χ3n) is 4.69. The second-order valence-corrected chi connectivity index (χ2v) is 6.47. The Hall–Kier alpha value is -3.41. The monoisotopic (exact) mass is 360 g/mol. The molecule has 0 spiro atoms. The number of nitrogens with one attached hydrogen (secondary N) is 2. The van der Waals surface area contributed by atoms with Gasteiger partial charge in [-0.3, -0.25) is 9.78 Å². The first-order valence-corrected chi connectivity index (χ1v) is 8.99. The standard InChI is InChI=1S/C21H20N4O2/c26-19(25-13-5-9-15-6-1-2-11-18(15)25)14-23-21(27)24-17-10-3-7-16-8-4-12-22-20(16)17/h1-4,6-8,10-12H,5,9,13-14H2,(H2,23,24,27). The maximum absolute atomic E-state index is 12.6. The van der Waals surface area contributed by atoms with Crippen LogP contribution in [0.15, 0.2) is 60.8 Å². The fourth-order valence-corrected chi connectivity index (χ4v) is 3.42. The maximum atomic E-state index is 12.6. The summed E-state index contributed by atoms with van der Waals surface area (Å²) in [4.78, 5) is 30.9. The summed E-state index contributed by atoms with van der Waals surface area (Å²) in [6, 6.07) is 16.8. The third kappa shape index (κ3) is 3.60. The molecule has 0 unspecified atom stereocenters. The summed E-state index contributed by atoms with van der Waals surface area (Å²) in [6.45, 7) is 0.616. The van der Waals surface area contributed by atoms with E-state index in [0.717, 1.165) is 23.9 Å². The molecule has 6 heteroatoms. The number of fused-ring (bicyclic) bond motifs is 2. The number of aromatic nitrogens is 1. The maximum Gasteiger partial charge on any atom is 0.319 e. The van der Waals surface area contributed by atoms with Crippen molar-refractivity contribution in [2.45, 2.75) is 12.8 Å². The molecule has 0 aliphatic carbocycles. The van der Waals surface area contributed by atoms with E-state index >= 15 is 0 Å². The average Bonchev–Trinajstić information content (AvgIpc) is 2.72. The van der Waals surface area contributed by atoms with Crippen molar-refractivity contribution < 1.29 is 9.59 Å². The van der Waals surface area contributed by atoms with E-state index in [2.05, 4.69) is 15.6 Å². The zero-order chi connectivity index (χ0) is 18.6. The highest BCUT2D eigenvalue weighted by atomic mass is 16.2. The number of para-hydroxylation sites is 2. The van der Waals surface area contributed by atoms with Gasteiger partial charge in [-0.05, 0) is 36.6 Å². The number of anilines is 2. The Labute approximate surface area is 157 Å². The zero-order valence-corrected chi connectivity index (χ0v) is 14.8. The number of hydrogen-bond donors (Lipinski definition) is 2. The second-order valence-electron chi connectivity index (χ2n) is 6.47. The van der Waals surface area contributed by atoms with Gasteiger partial charge in [0.15, 0.2) is 0 Å². The minimum atomic E-state index is -0.424. The number of hydrogen-bond acceptors (Lipinski definition) is 3. The number of carbonyl (C=O) groups excluding carboxylic acids is 2. The predicted molar refractivity (Wildman–Crippen MR) is 106 cm³/mol. The minimum Gasteiger partial charge on any atom is -0.329 e. The molecule has 2 heterocycles. The molecular formula is C21H20N4O2. The number of carbonyl (C=O) groups is 2. The van der Waals surface area contributed by atoms with Crippen LogP contribution in [0.1, 0.15) is 12.0 Å². The van der Waals surface area contributed by atoms with Gasteiger partial charge in [-0.1, -0.05) is 36.4 Å². The van der Waals surface area contributed by atoms with Crippen LogP contribution in [0.5, 0.6) is 0 Å². The molecule has 3 amide bonds. The molecule has 136 valence electrons. The van der Waals surface area contributed by atoms with Crippen LogP contribution in [0, 0.1) is 0 Å². The van der Waals surface area contributed by atoms with Gasteiger partial charge in [0, 0.05) is 23.8 Å². The lowest BCUT2D eigenvalue weighted by Gasteiger charge is -2.29. The number of nitrogens with zero attached hydrogens (tertiary/aromatic N) is 2. The first-order valence-electron chi connectivity index (χ1n) is 8.99. The van der Waals surface area contributed by atoms with E-state index in [9.17, 15) is 9.59 Å². The molecule has 0 fully saturated rings. The van der Waals surface area contributed by atoms with E-state index in [0.29, 0.717) is 17.7 Å². The Kier molecular flexibility index (Phi) is 4.70. The number of benzene rings is 2. The van der Waals surface area contributed by atoms with E-state index < -0.39 is 6.03 Å². The molecule has 1 aliphatic rings. The molecule has 0 radical (unpaired) electrons. The number of aryl methyl sites for hydroxylation is 1. The van der Waals surface area contributed by atoms with Crippen molar-refractivity contribution in [3.63, 3.8) is 0 Å². The van der Waals surface area contributed by atoms with Crippen LogP contribution in [0.4, 0.5) is 16.2 Å². The van der Waals surface area contributed by atoms with Crippen molar-refractivity contribution in [1.82, 2.24) is 10.3 Å². The lowest BCUT2D eigenvalue weighted by Crippen LogP contribution is -2.43. The molecule has 2 aromatic carbocycles. The molecule has 27 heavy (non-hydrogen) atoms. The molecule has 0 bridgehead atoms. The first kappa shape index (κ1) is 17.0. The van der Waals surface area contributed by atoms with Crippen molar-refractivity contribution in [1.29, 1.82) is 0 Å². The van der Waals surface area contributed by atoms with Crippen molar-refractivity contribution in [2.75, 3.05) is 23.3 Å². The molecule has 2 N–H and O–H groups in total. The van der Waals surface area contributed by atoms with E-state index in [1.807, 2.05) is 48.5 Å². The third-order valence-corrected chi connectivity index (χ3v) is 4.69. The van der Waals surface area contributed by atoms with Gasteiger partial charge in [-0.2, -0.15) is 0 Å². The normalized spacial score (nSPS) is 13.1. The lowest BCUT2D eigenvalue weighted by atomic mass is 10.0. The first-order chi connectivity index (χ1) is 13.2. The summed E-state index contributed by atoms with van der Waals surface area (Å²) in [7, 11) is 0. The lowest BCUT2D eigenvalue weighted by molar-refractivity contribution is -0.117. The fourth-order valence-electron chi connectivity index (χ4n) is 3.42. The van der Waals surface area contributed by atoms with Crippen LogP contribution in [0.3, 0.4) is 0 Å². The topological polar surface area (TPSA) is 74.3 Å². The summed E-state index contributed by atoms with van der Waals surface area (Å²) in [5.41, 5.74) is 3.44. The van der Waals surface area contributed by atoms with Crippen LogP contribution in [0.2, 0.25) is 0 Å². The van der Waals surface area contributed by atoms with E-state index in [4.69, 9.17) is 0 Å². The Balaban J connectivity index is 1.40. The number of pyridine rings is 1. The molecule has 1 aromatic heterocycles. The largest absolute Gasteiger partial charge is 0.329 e. The van der Waals surface area contributed by atoms with Crippen LogP contribution in [-0.2, 0) is 11.2 Å². The van der Waals surface area contributed by atoms with Gasteiger partial charge >= 0.3 is 6.03 Å². The molecule has 1 aliphatic heterocycles. The van der Waals surface area contributed by atoms with Crippen molar-refractivity contribution in [3.8, 4) is 0 Å². The molecule has 0 saturated carbocycles. The van der Waals surface area contributed by atoms with E-state index in [1.165, 1.54) is 5.56 Å². The van der Waals surface area contributed by atoms with Gasteiger partial charge in [0.1, 0.15) is 0 Å². The Morgan fingerprint density at radius 1 is 1.04 bits per heavy atom. The summed E-state index contributed by atoms with van der Waals surface area (Å²) < 4.78 is 0. The van der Waals surface area contributed by atoms with Gasteiger partial charge in [0.2, 0.25) is 5.91 Å². The van der Waals surface area contributed by atoms with Crippen molar-refractivity contribution >= 4 is 34.2 Å². The van der Waals surface area contributed by atoms with Gasteiger partial charge in [0.05, 0.1) is 17.7 Å². The molecule has 4 rings (SSSR count). The summed E-state index contributed by atoms with van der Waals surface area (Å²) in [5, 5.41) is 6.37. The summed E-state index contributed by atoms with van der Waals surface area (Å²) in [6.07, 6.45) is 3.58. The molecule has 0 atom stereocenters. The summed E-state index contributed by atoms with van der Waals surface area (Å²) >= 11 is 0. The SMILES string of the molecule is O=C(NCC(=O)N1CCCc2ccccc21)Nc1cccc2cccnc12. The Morgan fingerprint density at radius 3 is 2.81 bits per heavy atom. The highest BCUT2D eigenvalue weighted by Gasteiger charge is 2.22. The van der Waals surface area contributed by atoms with Crippen molar-refractivity contribution in [2.24, 2.45) is 0 Å². The van der Waals surface area contributed by atoms with Crippen molar-refractivity contribution in [3.05, 3.63) is 66.4 Å². The Morgan fingerprint density at radius 2 is 1.89 bits per heavy atom. The highest BCUT2D eigenvalue weighted by molar-refractivity contribution is 6.02. The van der Waals surface area contributed by atoms with Crippen LogP contribution >= 0.6 is 0 Å². The van der Waals surface area contributed by atoms with E-state index in [1.54, 1.807) is 17.2 Å². The molecule has 0 saturated heterocycles. The molecule has 3 aromatic rings. The average molecular weight is 360 g/mol. The number of rotatable bonds is 3. The van der Waals surface area contributed by atoms with Gasteiger partial charge in [-0.25, -0.2) is 4.79 Å². The van der Waals surface area contributed by atoms with Crippen LogP contribution in [0.25, 0.3) is 10.9 Å². The van der Waals surface area contributed by atoms with Gasteiger partial charge < -0.3 is 15.5 Å². The Bertz CT molecular complexity index is 997. The summed E-state index contributed by atoms with van der Waals surface area (Å²) in [5.74, 6) is -0.117. The van der Waals surface area contributed by atoms with Crippen LogP contribution in [-0.4, -0.2) is 30.0 Å². The van der Waals surface area contributed by atoms with Gasteiger partial charge in [0.25, 0.3) is 0 Å². The molecular weight excluding hydrogens is 340 g/mol. The second kappa shape index (κ2) is 7.45. The number of urea groups is 1. The quantitative estimate of drug-likeness (QED) is 0.752. The van der Waals surface area contributed by atoms with Crippen LogP contribution < -0.4 is 15.5 Å². The zero-order valence-electron chi connectivity index (χ0n) is 14.8. The molecule has 6 nitrogen and oxygen atoms in total. The predicted octanol–water partition coefficient (Wildman–Crippen LogP) is 3.34.